The van der Waals surface area contributed by atoms with Gasteiger partial charge in [-0.1, -0.05) is 45.9 Å². The molecule has 0 bridgehead atoms. The quantitative estimate of drug-likeness (QED) is 0.609. The molecule has 0 aromatic heterocycles. The Hall–Kier alpha value is -1.06. The Labute approximate surface area is 117 Å². The first-order valence-electron chi connectivity index (χ1n) is 6.96. The Morgan fingerprint density at radius 3 is 2.42 bits per heavy atom. The number of hydrogen-bond acceptors (Lipinski definition) is 3. The number of hydrazine groups is 1. The molecular weight excluding hydrogens is 236 g/mol. The van der Waals surface area contributed by atoms with Crippen molar-refractivity contribution in [2.45, 2.75) is 46.6 Å². The molecule has 2 atom stereocenters. The number of benzene rings is 1. The summed E-state index contributed by atoms with van der Waals surface area (Å²) in [6, 6.07) is 8.19. The van der Waals surface area contributed by atoms with Crippen molar-refractivity contribution in [2.75, 3.05) is 7.11 Å². The minimum Gasteiger partial charge on any atom is -0.496 e. The van der Waals surface area contributed by atoms with E-state index in [1.54, 1.807) is 7.11 Å². The van der Waals surface area contributed by atoms with Crippen molar-refractivity contribution in [3.63, 3.8) is 0 Å². The van der Waals surface area contributed by atoms with E-state index in [4.69, 9.17) is 10.6 Å². The number of nitrogens with one attached hydrogen (secondary N) is 1. The Kier molecular flexibility index (Phi) is 5.83. The molecule has 1 aromatic carbocycles. The van der Waals surface area contributed by atoms with Crippen LogP contribution in [0.3, 0.4) is 0 Å². The normalized spacial score (nSPS) is 15.1. The van der Waals surface area contributed by atoms with Crippen LogP contribution in [-0.2, 0) is 0 Å². The van der Waals surface area contributed by atoms with E-state index in [-0.39, 0.29) is 6.04 Å². The second-order valence-electron chi connectivity index (χ2n) is 6.57. The lowest BCUT2D eigenvalue weighted by molar-refractivity contribution is 0.274. The molecule has 19 heavy (non-hydrogen) atoms. The molecule has 0 heterocycles. The third-order valence-electron chi connectivity index (χ3n) is 3.31. The number of ether oxygens (including phenoxy) is 1. The van der Waals surface area contributed by atoms with E-state index in [1.165, 1.54) is 6.42 Å². The maximum absolute atomic E-state index is 5.73. The van der Waals surface area contributed by atoms with Crippen LogP contribution in [0.5, 0.6) is 5.75 Å². The van der Waals surface area contributed by atoms with Crippen LogP contribution in [0.4, 0.5) is 0 Å². The third kappa shape index (κ3) is 5.21. The lowest BCUT2D eigenvalue weighted by atomic mass is 9.82. The fraction of sp³-hybridized carbons (Fsp3) is 0.625. The highest BCUT2D eigenvalue weighted by Gasteiger charge is 2.21. The van der Waals surface area contributed by atoms with Crippen LogP contribution in [-0.4, -0.2) is 7.11 Å². The van der Waals surface area contributed by atoms with Gasteiger partial charge in [-0.3, -0.25) is 11.3 Å². The monoisotopic (exact) mass is 264 g/mol. The van der Waals surface area contributed by atoms with Gasteiger partial charge in [-0.05, 0) is 30.2 Å². The van der Waals surface area contributed by atoms with E-state index in [0.717, 1.165) is 17.7 Å². The van der Waals surface area contributed by atoms with E-state index in [0.29, 0.717) is 11.3 Å². The van der Waals surface area contributed by atoms with E-state index in [2.05, 4.69) is 39.2 Å². The van der Waals surface area contributed by atoms with Crippen molar-refractivity contribution in [1.29, 1.82) is 0 Å². The molecule has 108 valence electrons. The highest BCUT2D eigenvalue weighted by molar-refractivity contribution is 5.35. The van der Waals surface area contributed by atoms with Gasteiger partial charge in [0.2, 0.25) is 0 Å². The van der Waals surface area contributed by atoms with Gasteiger partial charge < -0.3 is 4.74 Å². The van der Waals surface area contributed by atoms with E-state index in [9.17, 15) is 0 Å². The summed E-state index contributed by atoms with van der Waals surface area (Å²) in [4.78, 5) is 0. The average Bonchev–Trinajstić information content (AvgIpc) is 2.33. The number of hydrogen-bond donors (Lipinski definition) is 2. The molecule has 0 aliphatic rings. The first-order valence-corrected chi connectivity index (χ1v) is 6.96. The van der Waals surface area contributed by atoms with Crippen LogP contribution in [0.25, 0.3) is 0 Å². The zero-order valence-electron chi connectivity index (χ0n) is 12.9. The zero-order valence-corrected chi connectivity index (χ0v) is 12.9. The predicted molar refractivity (Wildman–Crippen MR) is 80.9 cm³/mol. The van der Waals surface area contributed by atoms with Crippen LogP contribution < -0.4 is 16.0 Å². The van der Waals surface area contributed by atoms with Gasteiger partial charge in [-0.15, -0.1) is 0 Å². The fourth-order valence-corrected chi connectivity index (χ4v) is 2.77. The molecule has 3 N–H and O–H groups in total. The first kappa shape index (κ1) is 16.0. The van der Waals surface area contributed by atoms with Crippen molar-refractivity contribution in [2.24, 2.45) is 17.2 Å². The summed E-state index contributed by atoms with van der Waals surface area (Å²) in [6.07, 6.45) is 2.19. The van der Waals surface area contributed by atoms with Gasteiger partial charge in [0.15, 0.2) is 0 Å². The Morgan fingerprint density at radius 2 is 1.89 bits per heavy atom. The third-order valence-corrected chi connectivity index (χ3v) is 3.31. The number of methoxy groups -OCH3 is 1. The summed E-state index contributed by atoms with van der Waals surface area (Å²) in [5.74, 6) is 7.23. The smallest absolute Gasteiger partial charge is 0.123 e. The fourth-order valence-electron chi connectivity index (χ4n) is 2.77. The molecule has 0 amide bonds. The molecule has 0 spiro atoms. The molecule has 2 unspecified atom stereocenters. The molecule has 3 heteroatoms. The van der Waals surface area contributed by atoms with Crippen LogP contribution in [0.1, 0.15) is 52.1 Å². The van der Waals surface area contributed by atoms with E-state index < -0.39 is 0 Å². The average molecular weight is 264 g/mol. The standard InChI is InChI=1S/C16H28N2O/c1-12(11-16(2,3)4)10-14(18-17)13-8-6-7-9-15(13)19-5/h6-9,12,14,18H,10-11,17H2,1-5H3. The van der Waals surface area contributed by atoms with Gasteiger partial charge in [0.05, 0.1) is 7.11 Å². The van der Waals surface area contributed by atoms with Crippen molar-refractivity contribution in [3.8, 4) is 5.75 Å². The first-order chi connectivity index (χ1) is 8.87. The Bertz CT molecular complexity index is 385. The zero-order chi connectivity index (χ0) is 14.5. The largest absolute Gasteiger partial charge is 0.496 e. The van der Waals surface area contributed by atoms with Gasteiger partial charge in [0, 0.05) is 11.6 Å². The number of nitrogens with two attached hydrogens (primary N) is 1. The molecule has 0 radical (unpaired) electrons. The van der Waals surface area contributed by atoms with Crippen molar-refractivity contribution >= 4 is 0 Å². The maximum atomic E-state index is 5.73. The molecule has 0 saturated heterocycles. The number of para-hydroxylation sites is 1. The minimum absolute atomic E-state index is 0.133. The maximum Gasteiger partial charge on any atom is 0.123 e. The lowest BCUT2D eigenvalue weighted by Gasteiger charge is -2.27. The predicted octanol–water partition coefficient (Wildman–Crippen LogP) is 3.66. The second-order valence-corrected chi connectivity index (χ2v) is 6.57. The van der Waals surface area contributed by atoms with Gasteiger partial charge in [-0.25, -0.2) is 0 Å². The molecule has 0 aliphatic carbocycles. The Morgan fingerprint density at radius 1 is 1.26 bits per heavy atom. The molecule has 0 saturated carbocycles. The summed E-state index contributed by atoms with van der Waals surface area (Å²) in [5.41, 5.74) is 4.41. The summed E-state index contributed by atoms with van der Waals surface area (Å²) in [5, 5.41) is 0. The molecule has 3 nitrogen and oxygen atoms in total. The lowest BCUT2D eigenvalue weighted by Crippen LogP contribution is -2.30. The topological polar surface area (TPSA) is 47.3 Å². The van der Waals surface area contributed by atoms with Gasteiger partial charge in [0.1, 0.15) is 5.75 Å². The highest BCUT2D eigenvalue weighted by atomic mass is 16.5. The van der Waals surface area contributed by atoms with E-state index >= 15 is 0 Å². The summed E-state index contributed by atoms with van der Waals surface area (Å²) in [7, 11) is 1.70. The van der Waals surface area contributed by atoms with Crippen LogP contribution >= 0.6 is 0 Å². The minimum atomic E-state index is 0.133. The van der Waals surface area contributed by atoms with Crippen LogP contribution in [0.15, 0.2) is 24.3 Å². The molecule has 1 rings (SSSR count). The second kappa shape index (κ2) is 6.92. The van der Waals surface area contributed by atoms with E-state index in [1.807, 2.05) is 18.2 Å². The number of rotatable bonds is 6. The van der Waals surface area contributed by atoms with Crippen LogP contribution in [0, 0.1) is 11.3 Å². The summed E-state index contributed by atoms with van der Waals surface area (Å²) < 4.78 is 5.42. The molecular formula is C16H28N2O. The Balaban J connectivity index is 2.78. The molecule has 0 aliphatic heterocycles. The highest BCUT2D eigenvalue weighted by Crippen LogP contribution is 2.33. The molecule has 0 fully saturated rings. The van der Waals surface area contributed by atoms with Gasteiger partial charge in [-0.2, -0.15) is 0 Å². The van der Waals surface area contributed by atoms with Crippen molar-refractivity contribution in [3.05, 3.63) is 29.8 Å². The van der Waals surface area contributed by atoms with Crippen molar-refractivity contribution in [1.82, 2.24) is 5.43 Å². The van der Waals surface area contributed by atoms with Crippen molar-refractivity contribution < 1.29 is 4.74 Å². The summed E-state index contributed by atoms with van der Waals surface area (Å²) >= 11 is 0. The summed E-state index contributed by atoms with van der Waals surface area (Å²) in [6.45, 7) is 9.11. The molecule has 1 aromatic rings. The van der Waals surface area contributed by atoms with Gasteiger partial charge in [0.25, 0.3) is 0 Å². The SMILES string of the molecule is COc1ccccc1C(CC(C)CC(C)(C)C)NN. The van der Waals surface area contributed by atoms with Crippen LogP contribution in [0.2, 0.25) is 0 Å². The van der Waals surface area contributed by atoms with Gasteiger partial charge >= 0.3 is 0 Å².